The summed E-state index contributed by atoms with van der Waals surface area (Å²) in [7, 11) is -3.47. The van der Waals surface area contributed by atoms with E-state index in [2.05, 4.69) is 0 Å². The number of benzene rings is 1. The zero-order chi connectivity index (χ0) is 12.8. The molecule has 0 amide bonds. The second kappa shape index (κ2) is 3.96. The van der Waals surface area contributed by atoms with Gasteiger partial charge in [-0.1, -0.05) is 18.2 Å². The number of aryl methyl sites for hydroxylation is 1. The Morgan fingerprint density at radius 3 is 2.56 bits per heavy atom. The van der Waals surface area contributed by atoms with Gasteiger partial charge in [-0.05, 0) is 24.6 Å². The normalized spacial score (nSPS) is 12.1. The summed E-state index contributed by atoms with van der Waals surface area (Å²) in [5, 5.41) is 2.52. The zero-order valence-electron chi connectivity index (χ0n) is 9.70. The maximum Gasteiger partial charge on any atom is 0.269 e. The molecule has 92 valence electrons. The van der Waals surface area contributed by atoms with Gasteiger partial charge in [-0.15, -0.1) is 11.3 Å². The molecule has 0 aliphatic rings. The zero-order valence-corrected chi connectivity index (χ0v) is 11.3. The second-order valence-corrected chi connectivity index (χ2v) is 6.76. The van der Waals surface area contributed by atoms with Crippen LogP contribution in [0.5, 0.6) is 0 Å². The number of rotatable bonds is 2. The van der Waals surface area contributed by atoms with Crippen LogP contribution in [-0.2, 0) is 10.0 Å². The summed E-state index contributed by atoms with van der Waals surface area (Å²) in [4.78, 5) is 0.377. The molecule has 5 heteroatoms. The molecule has 0 N–H and O–H groups in total. The SMILES string of the molecule is Cc1cccc2c(S(=O)(=O)n3cccc3)csc12. The minimum Gasteiger partial charge on any atom is -0.249 e. The third-order valence-electron chi connectivity index (χ3n) is 2.89. The minimum atomic E-state index is -3.47. The van der Waals surface area contributed by atoms with Gasteiger partial charge in [0.05, 0.1) is 0 Å². The van der Waals surface area contributed by atoms with Gasteiger partial charge >= 0.3 is 0 Å². The molecule has 3 rings (SSSR count). The maximum atomic E-state index is 12.5. The van der Waals surface area contributed by atoms with Gasteiger partial charge in [0.15, 0.2) is 0 Å². The molecule has 0 aliphatic carbocycles. The van der Waals surface area contributed by atoms with Crippen LogP contribution in [0.2, 0.25) is 0 Å². The molecule has 0 atom stereocenters. The van der Waals surface area contributed by atoms with E-state index in [0.717, 1.165) is 15.6 Å². The molecule has 0 unspecified atom stereocenters. The van der Waals surface area contributed by atoms with Crippen LogP contribution < -0.4 is 0 Å². The second-order valence-electron chi connectivity index (χ2n) is 4.07. The predicted molar refractivity (Wildman–Crippen MR) is 73.6 cm³/mol. The third-order valence-corrected chi connectivity index (χ3v) is 5.87. The van der Waals surface area contributed by atoms with Crippen molar-refractivity contribution in [3.8, 4) is 0 Å². The molecule has 0 bridgehead atoms. The number of hydrogen-bond donors (Lipinski definition) is 0. The van der Waals surface area contributed by atoms with Gasteiger partial charge in [0, 0.05) is 27.9 Å². The van der Waals surface area contributed by atoms with Gasteiger partial charge in [0.2, 0.25) is 0 Å². The molecule has 0 saturated carbocycles. The standard InChI is InChI=1S/C13H11NO2S2/c1-10-5-4-6-11-12(9-17-13(10)11)18(15,16)14-7-2-3-8-14/h2-9H,1H3. The Morgan fingerprint density at radius 2 is 1.83 bits per heavy atom. The van der Waals surface area contributed by atoms with Crippen molar-refractivity contribution in [3.05, 3.63) is 53.7 Å². The Kier molecular flexibility index (Phi) is 2.53. The Bertz CT molecular complexity index is 799. The van der Waals surface area contributed by atoms with Crippen molar-refractivity contribution >= 4 is 31.4 Å². The number of thiophene rings is 1. The number of fused-ring (bicyclic) bond motifs is 1. The lowest BCUT2D eigenvalue weighted by Gasteiger charge is -2.04. The van der Waals surface area contributed by atoms with Crippen LogP contribution in [0.25, 0.3) is 10.1 Å². The molecule has 2 heterocycles. The van der Waals surface area contributed by atoms with Gasteiger partial charge in [-0.3, -0.25) is 0 Å². The van der Waals surface area contributed by atoms with Crippen LogP contribution in [0.1, 0.15) is 5.56 Å². The van der Waals surface area contributed by atoms with Gasteiger partial charge in [0.1, 0.15) is 4.90 Å². The first-order valence-electron chi connectivity index (χ1n) is 5.46. The van der Waals surface area contributed by atoms with E-state index in [4.69, 9.17) is 0 Å². The maximum absolute atomic E-state index is 12.5. The van der Waals surface area contributed by atoms with Crippen molar-refractivity contribution in [2.24, 2.45) is 0 Å². The monoisotopic (exact) mass is 277 g/mol. The average Bonchev–Trinajstić information content (AvgIpc) is 2.99. The fourth-order valence-corrected chi connectivity index (χ4v) is 4.71. The molecule has 0 radical (unpaired) electrons. The van der Waals surface area contributed by atoms with Crippen LogP contribution in [0.4, 0.5) is 0 Å². The van der Waals surface area contributed by atoms with E-state index in [0.29, 0.717) is 4.90 Å². The first kappa shape index (κ1) is 11.5. The van der Waals surface area contributed by atoms with E-state index in [1.54, 1.807) is 29.9 Å². The van der Waals surface area contributed by atoms with E-state index in [1.165, 1.54) is 15.3 Å². The van der Waals surface area contributed by atoms with Crippen molar-refractivity contribution in [1.29, 1.82) is 0 Å². The molecule has 0 saturated heterocycles. The van der Waals surface area contributed by atoms with Crippen molar-refractivity contribution in [3.63, 3.8) is 0 Å². The first-order valence-corrected chi connectivity index (χ1v) is 7.78. The molecule has 2 aromatic heterocycles. The van der Waals surface area contributed by atoms with Crippen LogP contribution in [0.3, 0.4) is 0 Å². The average molecular weight is 277 g/mol. The Balaban J connectivity index is 2.31. The summed E-state index contributed by atoms with van der Waals surface area (Å²) < 4.78 is 27.2. The van der Waals surface area contributed by atoms with Crippen molar-refractivity contribution in [1.82, 2.24) is 3.97 Å². The van der Waals surface area contributed by atoms with Gasteiger partial charge < -0.3 is 0 Å². The van der Waals surface area contributed by atoms with Crippen molar-refractivity contribution < 1.29 is 8.42 Å². The van der Waals surface area contributed by atoms with Crippen molar-refractivity contribution in [2.45, 2.75) is 11.8 Å². The van der Waals surface area contributed by atoms with E-state index < -0.39 is 10.0 Å². The highest BCUT2D eigenvalue weighted by atomic mass is 32.2. The summed E-state index contributed by atoms with van der Waals surface area (Å²) in [6, 6.07) is 9.15. The van der Waals surface area contributed by atoms with Gasteiger partial charge in [-0.2, -0.15) is 0 Å². The van der Waals surface area contributed by atoms with Gasteiger partial charge in [0.25, 0.3) is 10.0 Å². The van der Waals surface area contributed by atoms with E-state index >= 15 is 0 Å². The molecule has 0 aliphatic heterocycles. The molecule has 0 fully saturated rings. The molecule has 3 nitrogen and oxygen atoms in total. The Hall–Kier alpha value is -1.59. The first-order chi connectivity index (χ1) is 8.60. The largest absolute Gasteiger partial charge is 0.269 e. The predicted octanol–water partition coefficient (Wildman–Crippen LogP) is 3.25. The number of hydrogen-bond acceptors (Lipinski definition) is 3. The molecule has 0 spiro atoms. The summed E-state index contributed by atoms with van der Waals surface area (Å²) in [6.07, 6.45) is 3.10. The van der Waals surface area contributed by atoms with Crippen molar-refractivity contribution in [2.75, 3.05) is 0 Å². The van der Waals surface area contributed by atoms with Crippen LogP contribution >= 0.6 is 11.3 Å². The molecule has 1 aromatic carbocycles. The highest BCUT2D eigenvalue weighted by Gasteiger charge is 2.20. The Morgan fingerprint density at radius 1 is 1.11 bits per heavy atom. The topological polar surface area (TPSA) is 39.1 Å². The molecular formula is C13H11NO2S2. The fraction of sp³-hybridized carbons (Fsp3) is 0.0769. The fourth-order valence-electron chi connectivity index (χ4n) is 1.97. The molecule has 3 aromatic rings. The smallest absolute Gasteiger partial charge is 0.249 e. The minimum absolute atomic E-state index is 0.377. The lowest BCUT2D eigenvalue weighted by Crippen LogP contribution is -2.09. The highest BCUT2D eigenvalue weighted by Crippen LogP contribution is 2.32. The quantitative estimate of drug-likeness (QED) is 0.721. The lowest BCUT2D eigenvalue weighted by atomic mass is 10.2. The molecule has 18 heavy (non-hydrogen) atoms. The summed E-state index contributed by atoms with van der Waals surface area (Å²) in [5.74, 6) is 0. The van der Waals surface area contributed by atoms with Crippen LogP contribution in [-0.4, -0.2) is 12.4 Å². The van der Waals surface area contributed by atoms with Crippen LogP contribution in [0.15, 0.2) is 53.0 Å². The lowest BCUT2D eigenvalue weighted by molar-refractivity contribution is 0.589. The third kappa shape index (κ3) is 1.59. The van der Waals surface area contributed by atoms with E-state index in [9.17, 15) is 8.42 Å². The Labute approximate surface area is 109 Å². The van der Waals surface area contributed by atoms with Gasteiger partial charge in [-0.25, -0.2) is 12.4 Å². The number of nitrogens with zero attached hydrogens (tertiary/aromatic N) is 1. The molecular weight excluding hydrogens is 266 g/mol. The summed E-state index contributed by atoms with van der Waals surface area (Å²) in [6.45, 7) is 1.99. The summed E-state index contributed by atoms with van der Waals surface area (Å²) >= 11 is 1.47. The van der Waals surface area contributed by atoms with E-state index in [1.807, 2.05) is 25.1 Å². The highest BCUT2D eigenvalue weighted by molar-refractivity contribution is 7.90. The van der Waals surface area contributed by atoms with Crippen LogP contribution in [0, 0.1) is 6.92 Å². The van der Waals surface area contributed by atoms with E-state index in [-0.39, 0.29) is 0 Å². The summed E-state index contributed by atoms with van der Waals surface area (Å²) in [5.41, 5.74) is 1.10. The number of aromatic nitrogens is 1.